The summed E-state index contributed by atoms with van der Waals surface area (Å²) in [5.74, 6) is -1.08. The van der Waals surface area contributed by atoms with Crippen LogP contribution in [0.1, 0.15) is 25.7 Å². The minimum absolute atomic E-state index is 0.0198. The van der Waals surface area contributed by atoms with Gasteiger partial charge in [-0.3, -0.25) is 9.59 Å². The number of rotatable bonds is 5. The van der Waals surface area contributed by atoms with E-state index in [2.05, 4.69) is 6.08 Å². The summed E-state index contributed by atoms with van der Waals surface area (Å²) in [5.41, 5.74) is -1.15. The Bertz CT molecular complexity index is 424. The zero-order chi connectivity index (χ0) is 14.8. The molecule has 0 radical (unpaired) electrons. The Morgan fingerprint density at radius 2 is 1.95 bits per heavy atom. The van der Waals surface area contributed by atoms with Crippen LogP contribution in [0, 0.1) is 23.2 Å². The number of allylic oxidation sites excluding steroid dienone is 2. The molecule has 0 aromatic rings. The second kappa shape index (κ2) is 5.77. The Hall–Kier alpha value is -1.65. The van der Waals surface area contributed by atoms with Crippen molar-refractivity contribution in [2.24, 2.45) is 23.2 Å². The molecule has 0 heterocycles. The molecule has 0 aromatic heterocycles. The van der Waals surface area contributed by atoms with Gasteiger partial charge in [0.05, 0.1) is 14.2 Å². The summed E-state index contributed by atoms with van der Waals surface area (Å²) in [6, 6.07) is 0. The maximum Gasteiger partial charge on any atom is 0.323 e. The van der Waals surface area contributed by atoms with E-state index in [4.69, 9.17) is 9.47 Å². The van der Waals surface area contributed by atoms with E-state index in [0.717, 1.165) is 19.1 Å². The first-order chi connectivity index (χ1) is 9.59. The molecular formula is C15H20O5. The lowest BCUT2D eigenvalue weighted by Crippen LogP contribution is -2.31. The van der Waals surface area contributed by atoms with Crippen LogP contribution >= 0.6 is 0 Å². The Labute approximate surface area is 118 Å². The topological polar surface area (TPSA) is 69.7 Å². The van der Waals surface area contributed by atoms with Crippen LogP contribution < -0.4 is 0 Å². The fraction of sp³-hybridized carbons (Fsp3) is 0.667. The van der Waals surface area contributed by atoms with E-state index in [9.17, 15) is 14.4 Å². The molecular weight excluding hydrogens is 260 g/mol. The van der Waals surface area contributed by atoms with Crippen molar-refractivity contribution in [3.63, 3.8) is 0 Å². The number of hydrogen-bond acceptors (Lipinski definition) is 5. The minimum Gasteiger partial charge on any atom is -0.468 e. The van der Waals surface area contributed by atoms with Gasteiger partial charge in [0.25, 0.3) is 0 Å². The van der Waals surface area contributed by atoms with Gasteiger partial charge in [0.15, 0.2) is 5.41 Å². The van der Waals surface area contributed by atoms with Crippen LogP contribution in [0.4, 0.5) is 0 Å². The van der Waals surface area contributed by atoms with E-state index < -0.39 is 17.4 Å². The van der Waals surface area contributed by atoms with Crippen LogP contribution in [-0.2, 0) is 23.9 Å². The fourth-order valence-corrected chi connectivity index (χ4v) is 3.23. The van der Waals surface area contributed by atoms with Crippen molar-refractivity contribution in [3.05, 3.63) is 12.2 Å². The highest BCUT2D eigenvalue weighted by molar-refractivity contribution is 6.03. The van der Waals surface area contributed by atoms with E-state index in [-0.39, 0.29) is 17.8 Å². The van der Waals surface area contributed by atoms with Crippen molar-refractivity contribution < 1.29 is 23.9 Å². The van der Waals surface area contributed by atoms with Gasteiger partial charge in [-0.25, -0.2) is 0 Å². The predicted octanol–water partition coefficient (Wildman–Crippen LogP) is 1.51. The Kier molecular flexibility index (Phi) is 4.26. The molecule has 0 spiro atoms. The molecule has 0 N–H and O–H groups in total. The van der Waals surface area contributed by atoms with Crippen LogP contribution in [0.15, 0.2) is 12.2 Å². The fourth-order valence-electron chi connectivity index (χ4n) is 3.23. The molecule has 20 heavy (non-hydrogen) atoms. The number of hydrogen-bond donors (Lipinski definition) is 0. The summed E-state index contributed by atoms with van der Waals surface area (Å²) >= 11 is 0. The van der Waals surface area contributed by atoms with Crippen molar-refractivity contribution in [2.75, 3.05) is 14.2 Å². The summed E-state index contributed by atoms with van der Waals surface area (Å²) in [4.78, 5) is 34.9. The number of carbonyl (C=O) groups excluding carboxylic acids is 3. The second-order valence-corrected chi connectivity index (χ2v) is 5.56. The summed E-state index contributed by atoms with van der Waals surface area (Å²) in [6.45, 7) is 0. The van der Waals surface area contributed by atoms with Crippen LogP contribution in [-0.4, -0.2) is 32.4 Å². The normalized spacial score (nSPS) is 30.4. The largest absolute Gasteiger partial charge is 0.468 e. The molecule has 0 saturated heterocycles. The third-order valence-electron chi connectivity index (χ3n) is 4.54. The van der Waals surface area contributed by atoms with Gasteiger partial charge in [0, 0.05) is 5.92 Å². The van der Waals surface area contributed by atoms with Gasteiger partial charge in [0.1, 0.15) is 6.29 Å². The lowest BCUT2D eigenvalue weighted by atomic mass is 9.80. The molecule has 3 unspecified atom stereocenters. The molecule has 0 aliphatic heterocycles. The Morgan fingerprint density at radius 1 is 1.30 bits per heavy atom. The molecule has 0 amide bonds. The minimum atomic E-state index is -1.15. The van der Waals surface area contributed by atoms with E-state index >= 15 is 0 Å². The molecule has 2 aliphatic carbocycles. The maximum absolute atomic E-state index is 11.9. The van der Waals surface area contributed by atoms with E-state index in [1.54, 1.807) is 0 Å². The Balaban J connectivity index is 2.09. The number of esters is 2. The van der Waals surface area contributed by atoms with Gasteiger partial charge in [-0.2, -0.15) is 0 Å². The second-order valence-electron chi connectivity index (χ2n) is 5.56. The van der Waals surface area contributed by atoms with E-state index in [0.29, 0.717) is 12.8 Å². The van der Waals surface area contributed by atoms with Crippen molar-refractivity contribution >= 4 is 18.2 Å². The quantitative estimate of drug-likeness (QED) is 0.330. The number of methoxy groups -OCH3 is 2. The van der Waals surface area contributed by atoms with Crippen molar-refractivity contribution in [3.8, 4) is 0 Å². The molecule has 0 aromatic carbocycles. The molecule has 1 fully saturated rings. The first-order valence-corrected chi connectivity index (χ1v) is 6.89. The number of carbonyl (C=O) groups is 3. The van der Waals surface area contributed by atoms with Crippen LogP contribution in [0.5, 0.6) is 0 Å². The van der Waals surface area contributed by atoms with Crippen molar-refractivity contribution in [1.29, 1.82) is 0 Å². The molecule has 5 heteroatoms. The molecule has 2 aliphatic rings. The number of ether oxygens (including phenoxy) is 2. The van der Waals surface area contributed by atoms with E-state index in [1.165, 1.54) is 14.2 Å². The summed E-state index contributed by atoms with van der Waals surface area (Å²) < 4.78 is 9.49. The van der Waals surface area contributed by atoms with Gasteiger partial charge in [-0.15, -0.1) is 0 Å². The molecule has 1 saturated carbocycles. The van der Waals surface area contributed by atoms with Gasteiger partial charge < -0.3 is 14.3 Å². The smallest absolute Gasteiger partial charge is 0.323 e. The third-order valence-corrected chi connectivity index (χ3v) is 4.54. The van der Waals surface area contributed by atoms with E-state index in [1.807, 2.05) is 6.08 Å². The van der Waals surface area contributed by atoms with Gasteiger partial charge >= 0.3 is 11.9 Å². The van der Waals surface area contributed by atoms with Crippen LogP contribution in [0.3, 0.4) is 0 Å². The standard InChI is InChI=1S/C15H20O5/c1-19-13(17)15(14(18)20-2)8-12(15)7-10-5-3-4-6-11(10)9-16/h3,5,9-12H,4,6-8H2,1-2H3. The SMILES string of the molecule is COC(=O)C1(C(=O)OC)CC1CC1C=CCCC1C=O. The lowest BCUT2D eigenvalue weighted by molar-refractivity contribution is -0.162. The molecule has 5 nitrogen and oxygen atoms in total. The van der Waals surface area contributed by atoms with Crippen LogP contribution in [0.2, 0.25) is 0 Å². The maximum atomic E-state index is 11.9. The van der Waals surface area contributed by atoms with Crippen LogP contribution in [0.25, 0.3) is 0 Å². The summed E-state index contributed by atoms with van der Waals surface area (Å²) in [5, 5.41) is 0. The highest BCUT2D eigenvalue weighted by Crippen LogP contribution is 2.58. The van der Waals surface area contributed by atoms with Gasteiger partial charge in [-0.1, -0.05) is 12.2 Å². The average molecular weight is 280 g/mol. The van der Waals surface area contributed by atoms with Crippen molar-refractivity contribution in [2.45, 2.75) is 25.7 Å². The zero-order valence-corrected chi connectivity index (χ0v) is 11.8. The third kappa shape index (κ3) is 2.37. The molecule has 110 valence electrons. The highest BCUT2D eigenvalue weighted by atomic mass is 16.5. The number of aldehydes is 1. The first kappa shape index (κ1) is 14.8. The molecule has 3 atom stereocenters. The summed E-state index contributed by atoms with van der Waals surface area (Å²) in [7, 11) is 2.55. The average Bonchev–Trinajstić information content (AvgIpc) is 3.21. The predicted molar refractivity (Wildman–Crippen MR) is 70.6 cm³/mol. The monoisotopic (exact) mass is 280 g/mol. The van der Waals surface area contributed by atoms with Crippen molar-refractivity contribution in [1.82, 2.24) is 0 Å². The van der Waals surface area contributed by atoms with Gasteiger partial charge in [-0.05, 0) is 37.5 Å². The molecule has 2 rings (SSSR count). The zero-order valence-electron chi connectivity index (χ0n) is 11.8. The highest BCUT2D eigenvalue weighted by Gasteiger charge is 2.67. The lowest BCUT2D eigenvalue weighted by Gasteiger charge is -2.23. The Morgan fingerprint density at radius 3 is 2.50 bits per heavy atom. The summed E-state index contributed by atoms with van der Waals surface area (Å²) in [6.07, 6.45) is 7.90. The molecule has 0 bridgehead atoms. The van der Waals surface area contributed by atoms with Gasteiger partial charge in [0.2, 0.25) is 0 Å². The first-order valence-electron chi connectivity index (χ1n) is 6.89.